The Kier molecular flexibility index (Phi) is 8.76. The Labute approximate surface area is 218 Å². The van der Waals surface area contributed by atoms with E-state index in [1.54, 1.807) is 11.8 Å². The fourth-order valence-corrected chi connectivity index (χ4v) is 5.81. The second-order valence-electron chi connectivity index (χ2n) is 9.56. The Bertz CT molecular complexity index is 1080. The van der Waals surface area contributed by atoms with E-state index in [0.717, 1.165) is 41.8 Å². The molecular weight excluding hydrogens is 505 g/mol. The van der Waals surface area contributed by atoms with E-state index < -0.39 is 23.2 Å². The number of benzene rings is 1. The van der Waals surface area contributed by atoms with Gasteiger partial charge in [-0.05, 0) is 43.9 Å². The summed E-state index contributed by atoms with van der Waals surface area (Å²) in [4.78, 5) is 31.3. The summed E-state index contributed by atoms with van der Waals surface area (Å²) in [6.07, 6.45) is 6.43. The summed E-state index contributed by atoms with van der Waals surface area (Å²) in [6.45, 7) is 1.61. The van der Waals surface area contributed by atoms with Gasteiger partial charge in [0.15, 0.2) is 0 Å². The number of aliphatic hydroxyl groups is 1. The average Bonchev–Trinajstić information content (AvgIpc) is 2.99. The minimum Gasteiger partial charge on any atom is -0.383 e. The third-order valence-electron chi connectivity index (χ3n) is 6.87. The van der Waals surface area contributed by atoms with Crippen molar-refractivity contribution in [3.8, 4) is 0 Å². The highest BCUT2D eigenvalue weighted by Crippen LogP contribution is 2.37. The van der Waals surface area contributed by atoms with Crippen LogP contribution >= 0.6 is 11.8 Å². The molecule has 7 nitrogen and oxygen atoms in total. The van der Waals surface area contributed by atoms with Crippen LogP contribution < -0.4 is 10.6 Å². The molecule has 4 rings (SSSR count). The highest BCUT2D eigenvalue weighted by atomic mass is 32.2. The number of likely N-dealkylation sites (tertiary alicyclic amines) is 1. The van der Waals surface area contributed by atoms with Crippen molar-refractivity contribution in [3.05, 3.63) is 59.7 Å². The monoisotopic (exact) mass is 536 g/mol. The molecule has 0 aromatic heterocycles. The zero-order chi connectivity index (χ0) is 26.5. The van der Waals surface area contributed by atoms with Gasteiger partial charge in [-0.3, -0.25) is 19.5 Å². The van der Waals surface area contributed by atoms with Gasteiger partial charge in [0.25, 0.3) is 5.91 Å². The van der Waals surface area contributed by atoms with E-state index in [1.165, 1.54) is 6.07 Å². The van der Waals surface area contributed by atoms with Crippen molar-refractivity contribution in [2.45, 2.75) is 49.5 Å². The second-order valence-corrected chi connectivity index (χ2v) is 10.6. The highest BCUT2D eigenvalue weighted by Gasteiger charge is 2.42. The third-order valence-corrected chi connectivity index (χ3v) is 8.01. The molecule has 200 valence electrons. The maximum Gasteiger partial charge on any atom is 0.416 e. The van der Waals surface area contributed by atoms with Gasteiger partial charge in [-0.25, -0.2) is 0 Å². The average molecular weight is 537 g/mol. The van der Waals surface area contributed by atoms with E-state index in [0.29, 0.717) is 38.5 Å². The molecule has 1 aromatic carbocycles. The quantitative estimate of drug-likeness (QED) is 0.520. The topological polar surface area (TPSA) is 94.0 Å². The van der Waals surface area contributed by atoms with Crippen molar-refractivity contribution in [2.75, 3.05) is 31.9 Å². The van der Waals surface area contributed by atoms with Gasteiger partial charge in [-0.1, -0.05) is 30.4 Å². The van der Waals surface area contributed by atoms with Crippen LogP contribution in [-0.2, 0) is 11.0 Å². The minimum atomic E-state index is -4.54. The number of allylic oxidation sites excluding steroid dienone is 2. The van der Waals surface area contributed by atoms with Crippen LogP contribution in [0.3, 0.4) is 0 Å². The van der Waals surface area contributed by atoms with E-state index in [2.05, 4.69) is 26.6 Å². The molecule has 1 aliphatic carbocycles. The van der Waals surface area contributed by atoms with E-state index >= 15 is 0 Å². The summed E-state index contributed by atoms with van der Waals surface area (Å²) < 4.78 is 38.5. The minimum absolute atomic E-state index is 0.0494. The molecule has 11 heteroatoms. The summed E-state index contributed by atoms with van der Waals surface area (Å²) in [5.74, 6) is -0.342. The summed E-state index contributed by atoms with van der Waals surface area (Å²) in [6, 6.07) is 4.37. The molecule has 2 amide bonds. The smallest absolute Gasteiger partial charge is 0.383 e. The first-order valence-electron chi connectivity index (χ1n) is 12.3. The number of alkyl halides is 3. The van der Waals surface area contributed by atoms with E-state index in [1.807, 2.05) is 18.2 Å². The van der Waals surface area contributed by atoms with Crippen LogP contribution in [0.25, 0.3) is 0 Å². The lowest BCUT2D eigenvalue weighted by Gasteiger charge is -2.48. The van der Waals surface area contributed by atoms with Gasteiger partial charge in [0.1, 0.15) is 5.60 Å². The number of nitrogens with zero attached hydrogens (tertiary/aromatic N) is 2. The number of aliphatic imine (C=N–C) groups is 1. The molecule has 3 aliphatic rings. The molecule has 3 N–H and O–H groups in total. The summed E-state index contributed by atoms with van der Waals surface area (Å²) in [7, 11) is 0. The van der Waals surface area contributed by atoms with Crippen molar-refractivity contribution in [1.82, 2.24) is 15.5 Å². The van der Waals surface area contributed by atoms with Crippen LogP contribution in [0.15, 0.2) is 53.6 Å². The molecule has 1 saturated carbocycles. The van der Waals surface area contributed by atoms with Crippen LogP contribution in [-0.4, -0.2) is 76.5 Å². The number of amides is 2. The first-order valence-corrected chi connectivity index (χ1v) is 13.3. The summed E-state index contributed by atoms with van der Waals surface area (Å²) in [5.41, 5.74) is -1.95. The Morgan fingerprint density at radius 2 is 1.89 bits per heavy atom. The van der Waals surface area contributed by atoms with Gasteiger partial charge in [-0.15, -0.1) is 11.8 Å². The molecule has 0 atom stereocenters. The number of thioether (sulfide) groups is 1. The molecule has 2 fully saturated rings. The van der Waals surface area contributed by atoms with Crippen LogP contribution in [0, 0.1) is 0 Å². The molecule has 1 aromatic rings. The molecule has 2 heterocycles. The number of rotatable bonds is 6. The second kappa shape index (κ2) is 11.8. The molecule has 0 bridgehead atoms. The maximum atomic E-state index is 12.8. The van der Waals surface area contributed by atoms with Crippen molar-refractivity contribution in [2.24, 2.45) is 4.99 Å². The van der Waals surface area contributed by atoms with Gasteiger partial charge in [0.2, 0.25) is 5.91 Å². The Morgan fingerprint density at radius 1 is 1.16 bits per heavy atom. The maximum absolute atomic E-state index is 12.8. The Morgan fingerprint density at radius 3 is 2.62 bits per heavy atom. The van der Waals surface area contributed by atoms with E-state index in [9.17, 15) is 27.9 Å². The molecular formula is C26H31F3N4O3S. The van der Waals surface area contributed by atoms with Crippen molar-refractivity contribution in [1.29, 1.82) is 0 Å². The van der Waals surface area contributed by atoms with Gasteiger partial charge in [0, 0.05) is 30.4 Å². The van der Waals surface area contributed by atoms with Gasteiger partial charge in [-0.2, -0.15) is 13.2 Å². The van der Waals surface area contributed by atoms with Crippen molar-refractivity contribution < 1.29 is 27.9 Å². The number of hydrogen-bond donors (Lipinski definition) is 3. The number of nitrogens with one attached hydrogen (secondary N) is 2. The fraction of sp³-hybridized carbons (Fsp3) is 0.500. The van der Waals surface area contributed by atoms with E-state index in [4.69, 9.17) is 0 Å². The van der Waals surface area contributed by atoms with Crippen molar-refractivity contribution in [3.63, 3.8) is 0 Å². The van der Waals surface area contributed by atoms with Gasteiger partial charge in [0.05, 0.1) is 29.7 Å². The zero-order valence-corrected chi connectivity index (χ0v) is 21.2. The molecule has 0 unspecified atom stereocenters. The lowest BCUT2D eigenvalue weighted by Crippen LogP contribution is -2.63. The number of halogens is 3. The zero-order valence-electron chi connectivity index (χ0n) is 20.3. The largest absolute Gasteiger partial charge is 0.416 e. The molecule has 1 saturated heterocycles. The Hall–Kier alpha value is -2.63. The Balaban J connectivity index is 1.17. The SMILES string of the molecule is O=C(CNC(=O)c1cccc(C(F)(F)F)c1)NC1CN(C2CCC(O)(/C3=N/C/C=C\C=C/CS3)CC2)C1. The first kappa shape index (κ1) is 27.4. The number of carbonyl (C=O) groups excluding carboxylic acids is 2. The summed E-state index contributed by atoms with van der Waals surface area (Å²) >= 11 is 1.59. The molecule has 0 spiro atoms. The normalized spacial score (nSPS) is 28.4. The lowest BCUT2D eigenvalue weighted by atomic mass is 9.81. The predicted molar refractivity (Wildman–Crippen MR) is 138 cm³/mol. The van der Waals surface area contributed by atoms with Gasteiger partial charge >= 0.3 is 6.18 Å². The molecule has 37 heavy (non-hydrogen) atoms. The van der Waals surface area contributed by atoms with Crippen LogP contribution in [0.2, 0.25) is 0 Å². The van der Waals surface area contributed by atoms with Crippen LogP contribution in [0.5, 0.6) is 0 Å². The summed E-state index contributed by atoms with van der Waals surface area (Å²) in [5, 5.41) is 17.3. The third kappa shape index (κ3) is 7.24. The van der Waals surface area contributed by atoms with Crippen molar-refractivity contribution >= 4 is 28.6 Å². The number of hydrogen-bond acceptors (Lipinski definition) is 6. The predicted octanol–water partition coefficient (Wildman–Crippen LogP) is 3.17. The fourth-order valence-electron chi connectivity index (χ4n) is 4.80. The molecule has 0 radical (unpaired) electrons. The standard InChI is InChI=1S/C26H31F3N4O3S/c27-26(28,29)19-7-5-6-18(14-19)23(35)31-15-22(34)32-20-16-33(17-20)21-8-10-25(36,11-9-21)24-30-12-3-1-2-4-13-37-24/h1-7,14,20-21,36H,8-13,15-17H2,(H,31,35)(H,32,34)/b3-1-,4-2-,30-24-. The van der Waals surface area contributed by atoms with Gasteiger partial charge < -0.3 is 15.7 Å². The number of carbonyl (C=O) groups is 2. The highest BCUT2D eigenvalue weighted by molar-refractivity contribution is 8.14. The molecule has 2 aliphatic heterocycles. The van der Waals surface area contributed by atoms with Crippen LogP contribution in [0.4, 0.5) is 13.2 Å². The lowest BCUT2D eigenvalue weighted by molar-refractivity contribution is -0.137. The van der Waals surface area contributed by atoms with Crippen LogP contribution in [0.1, 0.15) is 41.6 Å². The van der Waals surface area contributed by atoms with E-state index in [-0.39, 0.29) is 24.1 Å². The first-order chi connectivity index (χ1) is 17.6.